The van der Waals surface area contributed by atoms with Gasteiger partial charge in [0.05, 0.1) is 0 Å². The van der Waals surface area contributed by atoms with Gasteiger partial charge in [-0.1, -0.05) is 24.3 Å². The van der Waals surface area contributed by atoms with Crippen molar-refractivity contribution in [3.8, 4) is 5.75 Å². The Kier molecular flexibility index (Phi) is 4.05. The van der Waals surface area contributed by atoms with Crippen LogP contribution in [0.5, 0.6) is 5.75 Å². The Morgan fingerprint density at radius 2 is 2.00 bits per heavy atom. The molecule has 0 atom stereocenters. The zero-order chi connectivity index (χ0) is 15.4. The van der Waals surface area contributed by atoms with Gasteiger partial charge < -0.3 is 15.4 Å². The molecule has 5 nitrogen and oxygen atoms in total. The minimum atomic E-state index is -0.264. The number of hydrogen-bond donors (Lipinski definition) is 2. The summed E-state index contributed by atoms with van der Waals surface area (Å²) in [5, 5.41) is 5.53. The Bertz CT molecular complexity index is 698. The number of fused-ring (bicyclic) bond motifs is 1. The third-order valence-corrected chi connectivity index (χ3v) is 3.43. The van der Waals surface area contributed by atoms with E-state index >= 15 is 0 Å². The van der Waals surface area contributed by atoms with Crippen LogP contribution in [0.3, 0.4) is 0 Å². The molecule has 1 aliphatic heterocycles. The average Bonchev–Trinajstić information content (AvgIpc) is 2.55. The lowest BCUT2D eigenvalue weighted by molar-refractivity contribution is -0.118. The fraction of sp³-hybridized carbons (Fsp3) is 0.176. The summed E-state index contributed by atoms with van der Waals surface area (Å²) >= 11 is 0. The van der Waals surface area contributed by atoms with Gasteiger partial charge in [0.2, 0.25) is 0 Å². The molecule has 0 saturated carbocycles. The Morgan fingerprint density at radius 1 is 1.18 bits per heavy atom. The van der Waals surface area contributed by atoms with Crippen LogP contribution < -0.4 is 15.4 Å². The van der Waals surface area contributed by atoms with E-state index in [-0.39, 0.29) is 18.4 Å². The third-order valence-electron chi connectivity index (χ3n) is 3.43. The van der Waals surface area contributed by atoms with Gasteiger partial charge in [-0.25, -0.2) is 0 Å². The summed E-state index contributed by atoms with van der Waals surface area (Å²) in [6, 6.07) is 14.5. The van der Waals surface area contributed by atoms with Gasteiger partial charge >= 0.3 is 0 Å². The van der Waals surface area contributed by atoms with E-state index in [2.05, 4.69) is 10.6 Å². The van der Waals surface area contributed by atoms with E-state index in [9.17, 15) is 9.59 Å². The van der Waals surface area contributed by atoms with Crippen molar-refractivity contribution < 1.29 is 14.3 Å². The minimum Gasteiger partial charge on any atom is -0.484 e. The van der Waals surface area contributed by atoms with Crippen LogP contribution in [0.4, 0.5) is 5.69 Å². The molecule has 2 amide bonds. The molecular weight excluding hydrogens is 280 g/mol. The van der Waals surface area contributed by atoms with Crippen molar-refractivity contribution in [3.63, 3.8) is 0 Å². The molecule has 0 saturated heterocycles. The number of carbonyl (C=O) groups excluding carboxylic acids is 2. The Hall–Kier alpha value is -2.82. The standard InChI is InChI=1S/C17H16N2O3/c20-16(11-22-14-4-2-1-3-5-14)19-13-7-6-12-8-9-18-17(21)15(12)10-13/h1-7,10H,8-9,11H2,(H,18,21)(H,19,20). The normalized spacial score (nSPS) is 13.0. The fourth-order valence-electron chi connectivity index (χ4n) is 2.35. The topological polar surface area (TPSA) is 67.4 Å². The van der Waals surface area contributed by atoms with Gasteiger partial charge in [0.1, 0.15) is 5.75 Å². The molecule has 2 aromatic rings. The van der Waals surface area contributed by atoms with Crippen molar-refractivity contribution in [3.05, 3.63) is 59.7 Å². The van der Waals surface area contributed by atoms with Crippen molar-refractivity contribution in [1.82, 2.24) is 5.32 Å². The number of nitrogens with one attached hydrogen (secondary N) is 2. The van der Waals surface area contributed by atoms with Gasteiger partial charge in [-0.15, -0.1) is 0 Å². The first-order chi connectivity index (χ1) is 10.7. The van der Waals surface area contributed by atoms with Gasteiger partial charge in [-0.2, -0.15) is 0 Å². The highest BCUT2D eigenvalue weighted by Gasteiger charge is 2.17. The SMILES string of the molecule is O=C(COc1ccccc1)Nc1ccc2c(c1)C(=O)NCC2. The smallest absolute Gasteiger partial charge is 0.262 e. The molecule has 2 N–H and O–H groups in total. The number of benzene rings is 2. The van der Waals surface area contributed by atoms with E-state index in [4.69, 9.17) is 4.74 Å². The second-order valence-corrected chi connectivity index (χ2v) is 5.03. The summed E-state index contributed by atoms with van der Waals surface area (Å²) in [5.74, 6) is 0.278. The maximum absolute atomic E-state index is 11.9. The number of hydrogen-bond acceptors (Lipinski definition) is 3. The molecular formula is C17H16N2O3. The van der Waals surface area contributed by atoms with Crippen LogP contribution >= 0.6 is 0 Å². The van der Waals surface area contributed by atoms with Crippen molar-refractivity contribution in [2.75, 3.05) is 18.5 Å². The van der Waals surface area contributed by atoms with Gasteiger partial charge in [-0.05, 0) is 36.2 Å². The van der Waals surface area contributed by atoms with Gasteiger partial charge in [0.15, 0.2) is 6.61 Å². The molecule has 5 heteroatoms. The summed E-state index contributed by atoms with van der Waals surface area (Å²) in [6.07, 6.45) is 0.812. The van der Waals surface area contributed by atoms with Crippen molar-refractivity contribution in [2.24, 2.45) is 0 Å². The maximum atomic E-state index is 11.9. The van der Waals surface area contributed by atoms with Crippen molar-refractivity contribution >= 4 is 17.5 Å². The predicted octanol–water partition coefficient (Wildman–Crippen LogP) is 1.99. The maximum Gasteiger partial charge on any atom is 0.262 e. The molecule has 112 valence electrons. The van der Waals surface area contributed by atoms with Crippen LogP contribution in [-0.4, -0.2) is 25.0 Å². The van der Waals surface area contributed by atoms with Crippen LogP contribution in [-0.2, 0) is 11.2 Å². The fourth-order valence-corrected chi connectivity index (χ4v) is 2.35. The van der Waals surface area contributed by atoms with Crippen LogP contribution in [0.25, 0.3) is 0 Å². The first-order valence-corrected chi connectivity index (χ1v) is 7.11. The monoisotopic (exact) mass is 296 g/mol. The summed E-state index contributed by atoms with van der Waals surface area (Å²) in [4.78, 5) is 23.7. The number of rotatable bonds is 4. The highest BCUT2D eigenvalue weighted by Crippen LogP contribution is 2.19. The lowest BCUT2D eigenvalue weighted by Gasteiger charge is -2.17. The first kappa shape index (κ1) is 14.1. The number of amides is 2. The highest BCUT2D eigenvalue weighted by atomic mass is 16.5. The molecule has 0 bridgehead atoms. The second kappa shape index (κ2) is 6.30. The summed E-state index contributed by atoms with van der Waals surface area (Å²) in [5.41, 5.74) is 2.22. The molecule has 0 radical (unpaired) electrons. The lowest BCUT2D eigenvalue weighted by atomic mass is 10.00. The quantitative estimate of drug-likeness (QED) is 0.906. The lowest BCUT2D eigenvalue weighted by Crippen LogP contribution is -2.32. The molecule has 0 fully saturated rings. The van der Waals surface area contributed by atoms with Gasteiger partial charge in [-0.3, -0.25) is 9.59 Å². The Morgan fingerprint density at radius 3 is 2.82 bits per heavy atom. The molecule has 0 spiro atoms. The van der Waals surface area contributed by atoms with E-state index in [1.807, 2.05) is 24.3 Å². The van der Waals surface area contributed by atoms with Crippen LogP contribution in [0.15, 0.2) is 48.5 Å². The number of ether oxygens (including phenoxy) is 1. The zero-order valence-electron chi connectivity index (χ0n) is 12.0. The van der Waals surface area contributed by atoms with E-state index in [1.54, 1.807) is 24.3 Å². The first-order valence-electron chi connectivity index (χ1n) is 7.11. The molecule has 2 aromatic carbocycles. The van der Waals surface area contributed by atoms with Gasteiger partial charge in [0.25, 0.3) is 11.8 Å². The van der Waals surface area contributed by atoms with E-state index < -0.39 is 0 Å². The Balaban J connectivity index is 1.62. The average molecular weight is 296 g/mol. The predicted molar refractivity (Wildman–Crippen MR) is 83.0 cm³/mol. The zero-order valence-corrected chi connectivity index (χ0v) is 12.0. The molecule has 22 heavy (non-hydrogen) atoms. The minimum absolute atomic E-state index is 0.0761. The van der Waals surface area contributed by atoms with E-state index in [1.165, 1.54) is 0 Å². The number of carbonyl (C=O) groups is 2. The second-order valence-electron chi connectivity index (χ2n) is 5.03. The third kappa shape index (κ3) is 3.25. The number of anilines is 1. The summed E-state index contributed by atoms with van der Waals surface area (Å²) < 4.78 is 5.38. The van der Waals surface area contributed by atoms with Crippen molar-refractivity contribution in [2.45, 2.75) is 6.42 Å². The number of para-hydroxylation sites is 1. The molecule has 0 unspecified atom stereocenters. The molecule has 3 rings (SSSR count). The highest BCUT2D eigenvalue weighted by molar-refractivity contribution is 5.99. The summed E-state index contributed by atoms with van der Waals surface area (Å²) in [6.45, 7) is 0.579. The largest absolute Gasteiger partial charge is 0.484 e. The molecule has 0 aromatic heterocycles. The van der Waals surface area contributed by atoms with Crippen molar-refractivity contribution in [1.29, 1.82) is 0 Å². The van der Waals surface area contributed by atoms with Gasteiger partial charge in [0, 0.05) is 17.8 Å². The summed E-state index contributed by atoms with van der Waals surface area (Å²) in [7, 11) is 0. The van der Waals surface area contributed by atoms with E-state index in [0.717, 1.165) is 12.0 Å². The molecule has 0 aliphatic carbocycles. The molecule has 1 aliphatic rings. The Labute approximate surface area is 128 Å². The van der Waals surface area contributed by atoms with Crippen LogP contribution in [0.1, 0.15) is 15.9 Å². The van der Waals surface area contributed by atoms with Crippen LogP contribution in [0.2, 0.25) is 0 Å². The van der Waals surface area contributed by atoms with E-state index in [0.29, 0.717) is 23.5 Å². The van der Waals surface area contributed by atoms with Crippen LogP contribution in [0, 0.1) is 0 Å². The molecule has 1 heterocycles.